The van der Waals surface area contributed by atoms with Crippen LogP contribution in [0.5, 0.6) is 0 Å². The number of sulfone groups is 1. The molecule has 0 aromatic heterocycles. The van der Waals surface area contributed by atoms with E-state index >= 15 is 0 Å². The number of nitrogens with one attached hydrogen (secondary N) is 2. The van der Waals surface area contributed by atoms with Crippen LogP contribution in [0.4, 0.5) is 10.5 Å². The molecule has 0 bridgehead atoms. The molecule has 0 unspecified atom stereocenters. The minimum atomic E-state index is -3.26. The largest absolute Gasteiger partial charge is 0.481 e. The van der Waals surface area contributed by atoms with Crippen LogP contribution in [0.25, 0.3) is 0 Å². The van der Waals surface area contributed by atoms with Crippen LogP contribution in [0.1, 0.15) is 26.2 Å². The number of hydrogen-bond acceptors (Lipinski definition) is 4. The van der Waals surface area contributed by atoms with E-state index in [1.807, 2.05) is 0 Å². The molecule has 1 saturated carbocycles. The molecule has 126 valence electrons. The molecular weight excluding hydrogens is 320 g/mol. The van der Waals surface area contributed by atoms with E-state index in [9.17, 15) is 18.0 Å². The van der Waals surface area contributed by atoms with Crippen LogP contribution < -0.4 is 10.6 Å². The van der Waals surface area contributed by atoms with Crippen molar-refractivity contribution in [2.24, 2.45) is 5.92 Å². The maximum atomic E-state index is 11.9. The summed E-state index contributed by atoms with van der Waals surface area (Å²) in [5.41, 5.74) is 0.477. The maximum absolute atomic E-state index is 11.9. The van der Waals surface area contributed by atoms with E-state index in [2.05, 4.69) is 10.6 Å². The Morgan fingerprint density at radius 1 is 1.22 bits per heavy atom. The number of aliphatic carboxylic acids is 1. The minimum Gasteiger partial charge on any atom is -0.481 e. The van der Waals surface area contributed by atoms with Crippen molar-refractivity contribution in [2.45, 2.75) is 37.1 Å². The molecular formula is C15H20N2O5S. The van der Waals surface area contributed by atoms with Gasteiger partial charge in [-0.25, -0.2) is 13.2 Å². The maximum Gasteiger partial charge on any atom is 0.319 e. The van der Waals surface area contributed by atoms with Crippen LogP contribution in [-0.4, -0.2) is 37.3 Å². The molecule has 0 radical (unpaired) electrons. The lowest BCUT2D eigenvalue weighted by molar-refractivity contribution is -0.141. The number of amides is 2. The second kappa shape index (κ2) is 6.99. The highest BCUT2D eigenvalue weighted by molar-refractivity contribution is 7.91. The Kier molecular flexibility index (Phi) is 5.25. The van der Waals surface area contributed by atoms with E-state index in [-0.39, 0.29) is 16.7 Å². The Labute approximate surface area is 135 Å². The summed E-state index contributed by atoms with van der Waals surface area (Å²) in [5.74, 6) is -1.21. The molecule has 1 aromatic carbocycles. The third kappa shape index (κ3) is 4.44. The lowest BCUT2D eigenvalue weighted by Gasteiger charge is -2.13. The fourth-order valence-corrected chi connectivity index (χ4v) is 3.49. The molecule has 0 heterocycles. The van der Waals surface area contributed by atoms with Gasteiger partial charge in [0.05, 0.1) is 16.6 Å². The van der Waals surface area contributed by atoms with Gasteiger partial charge in [0.2, 0.25) is 0 Å². The van der Waals surface area contributed by atoms with Gasteiger partial charge in [0.15, 0.2) is 9.84 Å². The van der Waals surface area contributed by atoms with Gasteiger partial charge in [-0.2, -0.15) is 0 Å². The van der Waals surface area contributed by atoms with Gasteiger partial charge in [0, 0.05) is 11.7 Å². The van der Waals surface area contributed by atoms with Gasteiger partial charge in [-0.15, -0.1) is 0 Å². The Bertz CT molecular complexity index is 684. The summed E-state index contributed by atoms with van der Waals surface area (Å²) in [6.45, 7) is 1.57. The predicted octanol–water partition coefficient (Wildman–Crippen LogP) is 1.85. The molecule has 2 atom stereocenters. The fraction of sp³-hybridized carbons (Fsp3) is 0.467. The summed E-state index contributed by atoms with van der Waals surface area (Å²) in [4.78, 5) is 23.0. The van der Waals surface area contributed by atoms with E-state index in [4.69, 9.17) is 5.11 Å². The number of carbonyl (C=O) groups is 2. The SMILES string of the molecule is CCS(=O)(=O)c1ccc(NC(=O)N[C@@H]2CC[C@H](C(=O)O)C2)cc1. The van der Waals surface area contributed by atoms with Crippen molar-refractivity contribution >= 4 is 27.5 Å². The van der Waals surface area contributed by atoms with Gasteiger partial charge in [0.25, 0.3) is 0 Å². The smallest absolute Gasteiger partial charge is 0.319 e. The molecule has 1 aliphatic rings. The van der Waals surface area contributed by atoms with Crippen molar-refractivity contribution in [1.82, 2.24) is 5.32 Å². The van der Waals surface area contributed by atoms with E-state index < -0.39 is 27.8 Å². The van der Waals surface area contributed by atoms with Crippen LogP contribution in [0, 0.1) is 5.92 Å². The lowest BCUT2D eigenvalue weighted by Crippen LogP contribution is -2.36. The monoisotopic (exact) mass is 340 g/mol. The zero-order valence-electron chi connectivity index (χ0n) is 12.8. The van der Waals surface area contributed by atoms with Gasteiger partial charge < -0.3 is 15.7 Å². The van der Waals surface area contributed by atoms with Gasteiger partial charge in [0.1, 0.15) is 0 Å². The van der Waals surface area contributed by atoms with Gasteiger partial charge in [-0.1, -0.05) is 6.92 Å². The highest BCUT2D eigenvalue weighted by atomic mass is 32.2. The van der Waals surface area contributed by atoms with E-state index in [0.29, 0.717) is 24.9 Å². The lowest BCUT2D eigenvalue weighted by atomic mass is 10.1. The van der Waals surface area contributed by atoms with E-state index in [0.717, 1.165) is 0 Å². The normalized spacial score (nSPS) is 20.9. The Morgan fingerprint density at radius 3 is 2.39 bits per heavy atom. The molecule has 0 saturated heterocycles. The fourth-order valence-electron chi connectivity index (χ4n) is 2.60. The van der Waals surface area contributed by atoms with Crippen molar-refractivity contribution in [3.05, 3.63) is 24.3 Å². The van der Waals surface area contributed by atoms with E-state index in [1.165, 1.54) is 24.3 Å². The first-order valence-corrected chi connectivity index (χ1v) is 9.10. The van der Waals surface area contributed by atoms with Gasteiger partial charge in [-0.05, 0) is 43.5 Å². The number of anilines is 1. The second-order valence-corrected chi connectivity index (χ2v) is 7.85. The average Bonchev–Trinajstić information content (AvgIpc) is 2.96. The number of rotatable bonds is 5. The Hall–Kier alpha value is -2.09. The highest BCUT2D eigenvalue weighted by Gasteiger charge is 2.30. The summed E-state index contributed by atoms with van der Waals surface area (Å²) in [6.07, 6.45) is 1.62. The summed E-state index contributed by atoms with van der Waals surface area (Å²) in [7, 11) is -3.26. The molecule has 1 fully saturated rings. The number of urea groups is 1. The van der Waals surface area contributed by atoms with Crippen molar-refractivity contribution in [3.8, 4) is 0 Å². The summed E-state index contributed by atoms with van der Waals surface area (Å²) in [6, 6.07) is 5.37. The average molecular weight is 340 g/mol. The highest BCUT2D eigenvalue weighted by Crippen LogP contribution is 2.25. The van der Waals surface area contributed by atoms with Crippen LogP contribution in [-0.2, 0) is 14.6 Å². The molecule has 0 spiro atoms. The first-order chi connectivity index (χ1) is 10.8. The molecule has 1 aliphatic carbocycles. The molecule has 23 heavy (non-hydrogen) atoms. The number of carboxylic acid groups (broad SMARTS) is 1. The van der Waals surface area contributed by atoms with Gasteiger partial charge >= 0.3 is 12.0 Å². The summed E-state index contributed by atoms with van der Waals surface area (Å²) in [5, 5.41) is 14.3. The second-order valence-electron chi connectivity index (χ2n) is 5.57. The number of carboxylic acids is 1. The molecule has 1 aromatic rings. The topological polar surface area (TPSA) is 113 Å². The molecule has 7 nitrogen and oxygen atoms in total. The third-order valence-corrected chi connectivity index (χ3v) is 5.72. The number of benzene rings is 1. The first kappa shape index (κ1) is 17.3. The number of carbonyl (C=O) groups excluding carboxylic acids is 1. The van der Waals surface area contributed by atoms with Crippen molar-refractivity contribution in [1.29, 1.82) is 0 Å². The Balaban J connectivity index is 1.90. The van der Waals surface area contributed by atoms with Crippen molar-refractivity contribution < 1.29 is 23.1 Å². The zero-order valence-corrected chi connectivity index (χ0v) is 13.6. The van der Waals surface area contributed by atoms with Gasteiger partial charge in [-0.3, -0.25) is 4.79 Å². The Morgan fingerprint density at radius 2 is 1.87 bits per heavy atom. The summed E-state index contributed by atoms with van der Waals surface area (Å²) < 4.78 is 23.4. The van der Waals surface area contributed by atoms with Crippen LogP contribution in [0.3, 0.4) is 0 Å². The minimum absolute atomic E-state index is 0.0205. The van der Waals surface area contributed by atoms with Crippen LogP contribution in [0.2, 0.25) is 0 Å². The molecule has 2 rings (SSSR count). The van der Waals surface area contributed by atoms with Crippen LogP contribution >= 0.6 is 0 Å². The van der Waals surface area contributed by atoms with Crippen molar-refractivity contribution in [3.63, 3.8) is 0 Å². The standard InChI is InChI=1S/C15H20N2O5S/c1-2-23(21,22)13-7-5-11(6-8-13)16-15(20)17-12-4-3-10(9-12)14(18)19/h5-8,10,12H,2-4,9H2,1H3,(H,18,19)(H2,16,17,20)/t10-,12+/m0/s1. The third-order valence-electron chi connectivity index (χ3n) is 3.97. The molecule has 0 aliphatic heterocycles. The van der Waals surface area contributed by atoms with Crippen LogP contribution in [0.15, 0.2) is 29.2 Å². The van der Waals surface area contributed by atoms with Crippen molar-refractivity contribution in [2.75, 3.05) is 11.1 Å². The summed E-state index contributed by atoms with van der Waals surface area (Å²) >= 11 is 0. The van der Waals surface area contributed by atoms with E-state index in [1.54, 1.807) is 6.92 Å². The zero-order chi connectivity index (χ0) is 17.0. The molecule has 2 amide bonds. The quantitative estimate of drug-likeness (QED) is 0.757. The number of hydrogen-bond donors (Lipinski definition) is 3. The predicted molar refractivity (Wildman–Crippen MR) is 85.1 cm³/mol. The molecule has 3 N–H and O–H groups in total. The first-order valence-electron chi connectivity index (χ1n) is 7.45. The molecule has 8 heteroatoms.